The van der Waals surface area contributed by atoms with Crippen LogP contribution in [-0.2, 0) is 11.2 Å². The van der Waals surface area contributed by atoms with E-state index in [0.717, 1.165) is 0 Å². The second-order valence-corrected chi connectivity index (χ2v) is 5.71. The zero-order valence-corrected chi connectivity index (χ0v) is 14.3. The number of carbonyl (C=O) groups is 2. The minimum absolute atomic E-state index is 0.162. The Bertz CT molecular complexity index is 1060. The number of aromatic nitrogens is 3. The Hall–Kier alpha value is -3.95. The number of anilines is 1. The Kier molecular flexibility index (Phi) is 4.71. The summed E-state index contributed by atoms with van der Waals surface area (Å²) in [7, 11) is 0. The zero-order valence-electron chi connectivity index (χ0n) is 14.3. The zero-order chi connectivity index (χ0) is 19.6. The number of fused-ring (bicyclic) bond motifs is 1. The number of carbonyl (C=O) groups excluding carboxylic acids is 1. The molecule has 3 aromatic rings. The lowest BCUT2D eigenvalue weighted by atomic mass is 10.1. The van der Waals surface area contributed by atoms with Gasteiger partial charge in [0.15, 0.2) is 17.4 Å². The molecule has 138 valence electrons. The van der Waals surface area contributed by atoms with E-state index in [1.54, 1.807) is 25.1 Å². The van der Waals surface area contributed by atoms with Gasteiger partial charge in [0.2, 0.25) is 0 Å². The van der Waals surface area contributed by atoms with E-state index in [4.69, 9.17) is 21.0 Å². The van der Waals surface area contributed by atoms with Gasteiger partial charge in [0, 0.05) is 5.69 Å². The molecule has 5 N–H and O–H groups in total. The minimum Gasteiger partial charge on any atom is -0.481 e. The molecule has 0 aliphatic heterocycles. The highest BCUT2D eigenvalue weighted by Crippen LogP contribution is 2.22. The fourth-order valence-electron chi connectivity index (χ4n) is 2.54. The van der Waals surface area contributed by atoms with Crippen LogP contribution in [0.15, 0.2) is 36.7 Å². The van der Waals surface area contributed by atoms with Crippen LogP contribution in [0, 0.1) is 12.3 Å². The number of ether oxygens (including phenoxy) is 1. The summed E-state index contributed by atoms with van der Waals surface area (Å²) in [5.74, 6) is -1.66. The molecule has 10 nitrogen and oxygen atoms in total. The van der Waals surface area contributed by atoms with Crippen molar-refractivity contribution in [3.8, 4) is 5.75 Å². The highest BCUT2D eigenvalue weighted by atomic mass is 16.5. The predicted octanol–water partition coefficient (Wildman–Crippen LogP) is 1.19. The Morgan fingerprint density at radius 2 is 2.11 bits per heavy atom. The van der Waals surface area contributed by atoms with Crippen LogP contribution in [0.2, 0.25) is 0 Å². The molecule has 2 aromatic heterocycles. The molecule has 27 heavy (non-hydrogen) atoms. The fourth-order valence-corrected chi connectivity index (χ4v) is 2.54. The van der Waals surface area contributed by atoms with E-state index in [1.165, 1.54) is 23.0 Å². The van der Waals surface area contributed by atoms with Gasteiger partial charge >= 0.3 is 11.9 Å². The van der Waals surface area contributed by atoms with Gasteiger partial charge in [-0.1, -0.05) is 0 Å². The molecule has 0 saturated carbocycles. The summed E-state index contributed by atoms with van der Waals surface area (Å²) in [5.41, 5.74) is 7.58. The van der Waals surface area contributed by atoms with Crippen LogP contribution < -0.4 is 15.8 Å². The highest BCUT2D eigenvalue weighted by Gasteiger charge is 2.16. The molecular formula is C17H16N6O4. The molecule has 0 amide bonds. The van der Waals surface area contributed by atoms with Crippen LogP contribution in [0.5, 0.6) is 5.75 Å². The number of aliphatic carboxylic acids is 1. The molecule has 3 rings (SSSR count). The van der Waals surface area contributed by atoms with Gasteiger partial charge in [0.25, 0.3) is 0 Å². The van der Waals surface area contributed by atoms with Crippen molar-refractivity contribution in [1.82, 2.24) is 14.6 Å². The Morgan fingerprint density at radius 1 is 1.33 bits per heavy atom. The van der Waals surface area contributed by atoms with Gasteiger partial charge in [-0.15, -0.1) is 0 Å². The molecule has 1 aromatic carbocycles. The van der Waals surface area contributed by atoms with Crippen molar-refractivity contribution in [3.63, 3.8) is 0 Å². The van der Waals surface area contributed by atoms with Gasteiger partial charge in [-0.2, -0.15) is 5.10 Å². The van der Waals surface area contributed by atoms with Crippen LogP contribution in [0.25, 0.3) is 5.65 Å². The van der Waals surface area contributed by atoms with Crippen molar-refractivity contribution < 1.29 is 19.4 Å². The molecule has 0 spiro atoms. The number of guanidine groups is 1. The van der Waals surface area contributed by atoms with E-state index < -0.39 is 11.9 Å². The fraction of sp³-hybridized carbons (Fsp3) is 0.118. The first-order chi connectivity index (χ1) is 12.8. The smallest absolute Gasteiger partial charge is 0.343 e. The van der Waals surface area contributed by atoms with E-state index in [-0.39, 0.29) is 23.8 Å². The summed E-state index contributed by atoms with van der Waals surface area (Å²) >= 11 is 0. The number of pyridine rings is 1. The number of aryl methyl sites for hydroxylation is 1. The molecule has 0 unspecified atom stereocenters. The summed E-state index contributed by atoms with van der Waals surface area (Å²) in [6, 6.07) is 7.77. The van der Waals surface area contributed by atoms with Crippen LogP contribution in [0.4, 0.5) is 5.69 Å². The number of carboxylic acids is 1. The summed E-state index contributed by atoms with van der Waals surface area (Å²) in [5, 5.41) is 22.9. The number of carboxylic acid groups (broad SMARTS) is 1. The molecule has 0 saturated heterocycles. The van der Waals surface area contributed by atoms with Crippen LogP contribution in [0.1, 0.15) is 21.6 Å². The van der Waals surface area contributed by atoms with Gasteiger partial charge < -0.3 is 20.9 Å². The third kappa shape index (κ3) is 3.84. The molecule has 0 aliphatic rings. The first kappa shape index (κ1) is 17.9. The highest BCUT2D eigenvalue weighted by molar-refractivity contribution is 5.94. The van der Waals surface area contributed by atoms with E-state index in [1.807, 2.05) is 0 Å². The van der Waals surface area contributed by atoms with Gasteiger partial charge in [0.1, 0.15) is 6.33 Å². The molecule has 0 atom stereocenters. The third-order valence-electron chi connectivity index (χ3n) is 3.73. The second kappa shape index (κ2) is 7.12. The second-order valence-electron chi connectivity index (χ2n) is 5.71. The van der Waals surface area contributed by atoms with Gasteiger partial charge in [-0.25, -0.2) is 14.3 Å². The van der Waals surface area contributed by atoms with Crippen LogP contribution in [0.3, 0.4) is 0 Å². The lowest BCUT2D eigenvalue weighted by molar-refractivity contribution is -0.136. The summed E-state index contributed by atoms with van der Waals surface area (Å²) in [4.78, 5) is 27.4. The number of nitrogens with two attached hydrogens (primary N) is 1. The van der Waals surface area contributed by atoms with Crippen molar-refractivity contribution in [2.75, 3.05) is 5.32 Å². The number of rotatable bonds is 5. The number of esters is 1. The third-order valence-corrected chi connectivity index (χ3v) is 3.73. The average molecular weight is 368 g/mol. The van der Waals surface area contributed by atoms with Crippen molar-refractivity contribution >= 4 is 29.2 Å². The predicted molar refractivity (Wildman–Crippen MR) is 96.0 cm³/mol. The van der Waals surface area contributed by atoms with Crippen molar-refractivity contribution in [1.29, 1.82) is 5.41 Å². The van der Waals surface area contributed by atoms with Crippen LogP contribution in [-0.4, -0.2) is 37.6 Å². The van der Waals surface area contributed by atoms with Crippen molar-refractivity contribution in [2.24, 2.45) is 5.73 Å². The van der Waals surface area contributed by atoms with Crippen molar-refractivity contribution in [2.45, 2.75) is 13.3 Å². The van der Waals surface area contributed by atoms with E-state index >= 15 is 0 Å². The Balaban J connectivity index is 1.86. The summed E-state index contributed by atoms with van der Waals surface area (Å²) < 4.78 is 6.73. The molecule has 0 bridgehead atoms. The molecule has 0 radical (unpaired) electrons. The normalized spacial score (nSPS) is 10.6. The number of nitrogens with zero attached hydrogens (tertiary/aromatic N) is 3. The lowest BCUT2D eigenvalue weighted by Crippen LogP contribution is -2.21. The number of nitrogens with one attached hydrogen (secondary N) is 2. The number of hydrogen-bond acceptors (Lipinski definition) is 6. The topological polar surface area (TPSA) is 156 Å². The molecule has 0 aliphatic carbocycles. The quantitative estimate of drug-likeness (QED) is 0.297. The first-order valence-electron chi connectivity index (χ1n) is 7.82. The average Bonchev–Trinajstić information content (AvgIpc) is 3.08. The maximum Gasteiger partial charge on any atom is 0.343 e. The minimum atomic E-state index is -1.01. The van der Waals surface area contributed by atoms with Gasteiger partial charge in [-0.3, -0.25) is 10.2 Å². The van der Waals surface area contributed by atoms with E-state index in [2.05, 4.69) is 15.4 Å². The largest absolute Gasteiger partial charge is 0.481 e. The first-order valence-corrected chi connectivity index (χ1v) is 7.82. The Morgan fingerprint density at radius 3 is 2.78 bits per heavy atom. The monoisotopic (exact) mass is 368 g/mol. The van der Waals surface area contributed by atoms with Gasteiger partial charge in [-0.05, 0) is 42.8 Å². The SMILES string of the molecule is Cc1cc(C(=O)Oc2ccc(CC(=O)O)n3ncnc23)ccc1NC(=N)N. The maximum absolute atomic E-state index is 12.5. The summed E-state index contributed by atoms with van der Waals surface area (Å²) in [6.07, 6.45) is 1.02. The molecule has 10 heteroatoms. The molecule has 0 fully saturated rings. The van der Waals surface area contributed by atoms with Crippen molar-refractivity contribution in [3.05, 3.63) is 53.5 Å². The lowest BCUT2D eigenvalue weighted by Gasteiger charge is -2.10. The number of benzene rings is 1. The van der Waals surface area contributed by atoms with Gasteiger partial charge in [0.05, 0.1) is 17.7 Å². The van der Waals surface area contributed by atoms with Crippen LogP contribution >= 0.6 is 0 Å². The standard InChI is InChI=1S/C17H16N6O4/c1-9-6-10(2-4-12(9)22-17(18)19)16(26)27-13-5-3-11(7-14(24)25)23-15(13)20-8-21-23/h2-6,8H,7H2,1H3,(H,24,25)(H4,18,19,22). The van der Waals surface area contributed by atoms with E-state index in [0.29, 0.717) is 22.5 Å². The Labute approximate surface area is 153 Å². The maximum atomic E-state index is 12.5. The molecule has 2 heterocycles. The number of hydrogen-bond donors (Lipinski definition) is 4. The van der Waals surface area contributed by atoms with E-state index in [9.17, 15) is 9.59 Å². The summed E-state index contributed by atoms with van der Waals surface area (Å²) in [6.45, 7) is 1.76. The molecular weight excluding hydrogens is 352 g/mol.